The number of hydrogen-bond acceptors (Lipinski definition) is 4. The van der Waals surface area contributed by atoms with Gasteiger partial charge in [0.05, 0.1) is 18.1 Å². The fourth-order valence-electron chi connectivity index (χ4n) is 2.63. The van der Waals surface area contributed by atoms with Gasteiger partial charge in [0.2, 0.25) is 0 Å². The van der Waals surface area contributed by atoms with Crippen LogP contribution in [0.5, 0.6) is 0 Å². The molecule has 0 spiro atoms. The van der Waals surface area contributed by atoms with Crippen molar-refractivity contribution in [3.8, 4) is 0 Å². The van der Waals surface area contributed by atoms with Gasteiger partial charge in [-0.15, -0.1) is 0 Å². The standard InChI is InChI=1S/C15H26N4/c1-2-3-7-15(19-10-5-4-6-11-19)18-14-9-8-13(16)12-17-14/h8-9,12,15H,2-7,10-11,16H2,1H3,(H,17,18). The van der Waals surface area contributed by atoms with Crippen LogP contribution in [0.1, 0.15) is 45.4 Å². The Balaban J connectivity index is 1.97. The molecule has 0 bridgehead atoms. The maximum absolute atomic E-state index is 5.68. The van der Waals surface area contributed by atoms with Crippen molar-refractivity contribution in [2.24, 2.45) is 0 Å². The van der Waals surface area contributed by atoms with Crippen LogP contribution in [0.25, 0.3) is 0 Å². The lowest BCUT2D eigenvalue weighted by Crippen LogP contribution is -2.44. The van der Waals surface area contributed by atoms with Crippen molar-refractivity contribution in [1.29, 1.82) is 0 Å². The van der Waals surface area contributed by atoms with E-state index in [-0.39, 0.29) is 0 Å². The molecule has 0 saturated carbocycles. The molecular weight excluding hydrogens is 236 g/mol. The average Bonchev–Trinajstić information content (AvgIpc) is 2.46. The first-order valence-electron chi connectivity index (χ1n) is 7.51. The first-order chi connectivity index (χ1) is 9.29. The van der Waals surface area contributed by atoms with Crippen molar-refractivity contribution >= 4 is 11.5 Å². The first-order valence-corrected chi connectivity index (χ1v) is 7.51. The number of nitrogens with zero attached hydrogens (tertiary/aromatic N) is 2. The molecule has 1 aromatic heterocycles. The molecule has 106 valence electrons. The molecule has 2 heterocycles. The van der Waals surface area contributed by atoms with E-state index < -0.39 is 0 Å². The van der Waals surface area contributed by atoms with Crippen molar-refractivity contribution < 1.29 is 0 Å². The summed E-state index contributed by atoms with van der Waals surface area (Å²) < 4.78 is 0. The number of pyridine rings is 1. The Hall–Kier alpha value is -1.29. The second-order valence-corrected chi connectivity index (χ2v) is 5.38. The monoisotopic (exact) mass is 262 g/mol. The Morgan fingerprint density at radius 3 is 2.74 bits per heavy atom. The molecule has 19 heavy (non-hydrogen) atoms. The fraction of sp³-hybridized carbons (Fsp3) is 0.667. The Morgan fingerprint density at radius 2 is 2.11 bits per heavy atom. The molecular formula is C15H26N4. The first kappa shape index (κ1) is 14.1. The molecule has 3 N–H and O–H groups in total. The number of rotatable bonds is 6. The number of likely N-dealkylation sites (tertiary alicyclic amines) is 1. The van der Waals surface area contributed by atoms with Crippen LogP contribution in [0.4, 0.5) is 11.5 Å². The number of nitrogens with two attached hydrogens (primary N) is 1. The van der Waals surface area contributed by atoms with E-state index in [9.17, 15) is 0 Å². The predicted molar refractivity (Wildman–Crippen MR) is 81.0 cm³/mol. The molecule has 1 unspecified atom stereocenters. The van der Waals surface area contributed by atoms with E-state index in [1.165, 1.54) is 51.6 Å². The number of hydrogen-bond donors (Lipinski definition) is 2. The average molecular weight is 262 g/mol. The van der Waals surface area contributed by atoms with Crippen molar-refractivity contribution in [3.63, 3.8) is 0 Å². The van der Waals surface area contributed by atoms with Gasteiger partial charge in [0.25, 0.3) is 0 Å². The van der Waals surface area contributed by atoms with Gasteiger partial charge in [0, 0.05) is 13.1 Å². The van der Waals surface area contributed by atoms with Crippen molar-refractivity contribution in [2.75, 3.05) is 24.1 Å². The van der Waals surface area contributed by atoms with Crippen molar-refractivity contribution in [2.45, 2.75) is 51.6 Å². The third-order valence-corrected chi connectivity index (χ3v) is 3.76. The summed E-state index contributed by atoms with van der Waals surface area (Å²) >= 11 is 0. The maximum atomic E-state index is 5.68. The number of aromatic nitrogens is 1. The third-order valence-electron chi connectivity index (χ3n) is 3.76. The molecule has 0 aromatic carbocycles. The van der Waals surface area contributed by atoms with E-state index in [4.69, 9.17) is 5.73 Å². The van der Waals surface area contributed by atoms with Crippen LogP contribution in [0.2, 0.25) is 0 Å². The van der Waals surface area contributed by atoms with Crippen LogP contribution >= 0.6 is 0 Å². The van der Waals surface area contributed by atoms with E-state index in [1.807, 2.05) is 12.1 Å². The van der Waals surface area contributed by atoms with Crippen molar-refractivity contribution in [1.82, 2.24) is 9.88 Å². The summed E-state index contributed by atoms with van der Waals surface area (Å²) in [6, 6.07) is 3.88. The molecule has 4 nitrogen and oxygen atoms in total. The van der Waals surface area contributed by atoms with Crippen LogP contribution in [-0.2, 0) is 0 Å². The van der Waals surface area contributed by atoms with Gasteiger partial charge in [0.15, 0.2) is 0 Å². The van der Waals surface area contributed by atoms with Crippen LogP contribution in [0, 0.1) is 0 Å². The minimum atomic E-state index is 0.413. The molecule has 1 aliphatic rings. The number of anilines is 2. The SMILES string of the molecule is CCCCC(Nc1ccc(N)cn1)N1CCCCC1. The molecule has 0 aliphatic carbocycles. The summed E-state index contributed by atoms with van der Waals surface area (Å²) in [7, 11) is 0. The lowest BCUT2D eigenvalue weighted by atomic mass is 10.1. The summed E-state index contributed by atoms with van der Waals surface area (Å²) in [5.41, 5.74) is 6.40. The van der Waals surface area contributed by atoms with Gasteiger partial charge in [-0.05, 0) is 31.4 Å². The van der Waals surface area contributed by atoms with Gasteiger partial charge in [-0.25, -0.2) is 4.98 Å². The molecule has 0 radical (unpaired) electrons. The number of unbranched alkanes of at least 4 members (excludes halogenated alkanes) is 1. The third kappa shape index (κ3) is 4.39. The zero-order valence-electron chi connectivity index (χ0n) is 11.9. The maximum Gasteiger partial charge on any atom is 0.127 e. The van der Waals surface area contributed by atoms with Gasteiger partial charge in [-0.1, -0.05) is 26.2 Å². The molecule has 1 aliphatic heterocycles. The van der Waals surface area contributed by atoms with E-state index in [1.54, 1.807) is 6.20 Å². The van der Waals surface area contributed by atoms with Crippen LogP contribution in [0.15, 0.2) is 18.3 Å². The quantitative estimate of drug-likeness (QED) is 0.827. The highest BCUT2D eigenvalue weighted by Gasteiger charge is 2.20. The van der Waals surface area contributed by atoms with E-state index in [0.717, 1.165) is 5.82 Å². The topological polar surface area (TPSA) is 54.2 Å². The van der Waals surface area contributed by atoms with Crippen LogP contribution < -0.4 is 11.1 Å². The summed E-state index contributed by atoms with van der Waals surface area (Å²) in [5.74, 6) is 0.931. The normalized spacial score (nSPS) is 18.2. The van der Waals surface area contributed by atoms with Gasteiger partial charge in [0.1, 0.15) is 5.82 Å². The number of nitrogens with one attached hydrogen (secondary N) is 1. The Bertz CT molecular complexity index is 357. The zero-order valence-corrected chi connectivity index (χ0v) is 11.9. The zero-order chi connectivity index (χ0) is 13.5. The summed E-state index contributed by atoms with van der Waals surface area (Å²) in [6.45, 7) is 4.65. The largest absolute Gasteiger partial charge is 0.397 e. The minimum Gasteiger partial charge on any atom is -0.397 e. The highest BCUT2D eigenvalue weighted by molar-refractivity contribution is 5.44. The van der Waals surface area contributed by atoms with Gasteiger partial charge in [-0.2, -0.15) is 0 Å². The molecule has 2 rings (SSSR count). The van der Waals surface area contributed by atoms with Crippen LogP contribution in [-0.4, -0.2) is 29.1 Å². The Morgan fingerprint density at radius 1 is 1.32 bits per heavy atom. The summed E-state index contributed by atoms with van der Waals surface area (Å²) in [5, 5.41) is 3.57. The fourth-order valence-corrected chi connectivity index (χ4v) is 2.63. The van der Waals surface area contributed by atoms with E-state index >= 15 is 0 Å². The van der Waals surface area contributed by atoms with E-state index in [0.29, 0.717) is 11.9 Å². The van der Waals surface area contributed by atoms with Gasteiger partial charge < -0.3 is 11.1 Å². The van der Waals surface area contributed by atoms with E-state index in [2.05, 4.69) is 22.1 Å². The molecule has 0 amide bonds. The summed E-state index contributed by atoms with van der Waals surface area (Å²) in [6.07, 6.45) is 9.81. The second kappa shape index (κ2) is 7.34. The van der Waals surface area contributed by atoms with Gasteiger partial charge >= 0.3 is 0 Å². The Kier molecular flexibility index (Phi) is 5.45. The smallest absolute Gasteiger partial charge is 0.127 e. The number of nitrogen functional groups attached to an aromatic ring is 1. The highest BCUT2D eigenvalue weighted by atomic mass is 15.3. The van der Waals surface area contributed by atoms with Gasteiger partial charge in [-0.3, -0.25) is 4.90 Å². The summed E-state index contributed by atoms with van der Waals surface area (Å²) in [4.78, 5) is 6.92. The highest BCUT2D eigenvalue weighted by Crippen LogP contribution is 2.18. The molecule has 1 aromatic rings. The Labute approximate surface area is 116 Å². The molecule has 1 fully saturated rings. The van der Waals surface area contributed by atoms with Crippen molar-refractivity contribution in [3.05, 3.63) is 18.3 Å². The second-order valence-electron chi connectivity index (χ2n) is 5.38. The lowest BCUT2D eigenvalue weighted by Gasteiger charge is -2.35. The minimum absolute atomic E-state index is 0.413. The van der Waals surface area contributed by atoms with Crippen LogP contribution in [0.3, 0.4) is 0 Å². The molecule has 1 atom stereocenters. The predicted octanol–water partition coefficient (Wildman–Crippen LogP) is 3.08. The number of piperidine rings is 1. The lowest BCUT2D eigenvalue weighted by molar-refractivity contribution is 0.169. The molecule has 4 heteroatoms. The molecule has 1 saturated heterocycles.